The number of carbonyl (C=O) groups excluding carboxylic acids is 2. The second-order valence-electron chi connectivity index (χ2n) is 4.07. The standard InChI is InChI=1S/C11H12Cl2N2O2S/c12-8(13)10(17)15-11-7(9(14)16)5-3-1-2-4-6(5)18-11/h8H,1-4H2,(H2,14,16)(H,15,17). The van der Waals surface area contributed by atoms with Gasteiger partial charge in [-0.15, -0.1) is 11.3 Å². The van der Waals surface area contributed by atoms with Crippen molar-refractivity contribution in [2.45, 2.75) is 30.5 Å². The van der Waals surface area contributed by atoms with E-state index in [0.29, 0.717) is 10.6 Å². The van der Waals surface area contributed by atoms with E-state index in [9.17, 15) is 9.59 Å². The van der Waals surface area contributed by atoms with Crippen LogP contribution in [0.1, 0.15) is 33.6 Å². The van der Waals surface area contributed by atoms with Crippen LogP contribution in [-0.4, -0.2) is 16.7 Å². The molecule has 0 saturated heterocycles. The van der Waals surface area contributed by atoms with Crippen molar-refractivity contribution in [1.82, 2.24) is 0 Å². The predicted octanol–water partition coefficient (Wildman–Crippen LogP) is 2.47. The number of rotatable bonds is 3. The molecule has 1 heterocycles. The van der Waals surface area contributed by atoms with Crippen LogP contribution < -0.4 is 11.1 Å². The van der Waals surface area contributed by atoms with E-state index < -0.39 is 16.7 Å². The number of fused-ring (bicyclic) bond motifs is 1. The van der Waals surface area contributed by atoms with Crippen molar-refractivity contribution in [2.24, 2.45) is 5.73 Å². The number of aryl methyl sites for hydroxylation is 1. The Morgan fingerprint density at radius 1 is 1.28 bits per heavy atom. The topological polar surface area (TPSA) is 72.2 Å². The Bertz CT molecular complexity index is 499. The zero-order valence-corrected chi connectivity index (χ0v) is 11.8. The minimum atomic E-state index is -1.16. The number of halogens is 2. The number of amides is 2. The van der Waals surface area contributed by atoms with Gasteiger partial charge in [0.05, 0.1) is 5.56 Å². The summed E-state index contributed by atoms with van der Waals surface area (Å²) < 4.78 is 0. The van der Waals surface area contributed by atoms with Gasteiger partial charge >= 0.3 is 0 Å². The van der Waals surface area contributed by atoms with Gasteiger partial charge in [0.15, 0.2) is 4.84 Å². The largest absolute Gasteiger partial charge is 0.365 e. The number of carbonyl (C=O) groups is 2. The molecule has 0 radical (unpaired) electrons. The van der Waals surface area contributed by atoms with Crippen LogP contribution in [-0.2, 0) is 17.6 Å². The molecule has 0 saturated carbocycles. The molecule has 7 heteroatoms. The minimum absolute atomic E-state index is 0.414. The molecule has 0 fully saturated rings. The Balaban J connectivity index is 2.37. The quantitative estimate of drug-likeness (QED) is 0.842. The van der Waals surface area contributed by atoms with E-state index in [2.05, 4.69) is 5.32 Å². The molecule has 1 aromatic rings. The summed E-state index contributed by atoms with van der Waals surface area (Å²) in [5.74, 6) is -1.06. The number of hydrogen-bond donors (Lipinski definition) is 2. The van der Waals surface area contributed by atoms with Gasteiger partial charge in [-0.1, -0.05) is 23.2 Å². The third-order valence-electron chi connectivity index (χ3n) is 2.85. The van der Waals surface area contributed by atoms with Gasteiger partial charge in [0.25, 0.3) is 11.8 Å². The maximum atomic E-state index is 11.5. The molecule has 2 amide bonds. The second kappa shape index (κ2) is 5.47. The Morgan fingerprint density at radius 2 is 1.94 bits per heavy atom. The average Bonchev–Trinajstić information content (AvgIpc) is 2.66. The van der Waals surface area contributed by atoms with E-state index in [1.807, 2.05) is 0 Å². The van der Waals surface area contributed by atoms with Crippen LogP contribution in [0.4, 0.5) is 5.00 Å². The van der Waals surface area contributed by atoms with E-state index in [4.69, 9.17) is 28.9 Å². The third-order valence-corrected chi connectivity index (χ3v) is 4.46. The average molecular weight is 307 g/mol. The fourth-order valence-electron chi connectivity index (χ4n) is 2.08. The SMILES string of the molecule is NC(=O)c1c(NC(=O)C(Cl)Cl)sc2c1CCCC2. The van der Waals surface area contributed by atoms with Crippen molar-refractivity contribution >= 4 is 51.4 Å². The highest BCUT2D eigenvalue weighted by molar-refractivity contribution is 7.17. The van der Waals surface area contributed by atoms with Crippen molar-refractivity contribution in [3.63, 3.8) is 0 Å². The van der Waals surface area contributed by atoms with Gasteiger partial charge in [-0.05, 0) is 31.2 Å². The number of alkyl halides is 2. The highest BCUT2D eigenvalue weighted by atomic mass is 35.5. The van der Waals surface area contributed by atoms with Crippen LogP contribution >= 0.6 is 34.5 Å². The number of nitrogens with two attached hydrogens (primary N) is 1. The first-order valence-corrected chi connectivity index (χ1v) is 7.23. The Labute approximate surface area is 118 Å². The maximum absolute atomic E-state index is 11.5. The van der Waals surface area contributed by atoms with E-state index >= 15 is 0 Å². The molecule has 0 atom stereocenters. The summed E-state index contributed by atoms with van der Waals surface area (Å²) >= 11 is 12.3. The van der Waals surface area contributed by atoms with Crippen molar-refractivity contribution in [3.05, 3.63) is 16.0 Å². The first-order valence-electron chi connectivity index (χ1n) is 5.54. The Hall–Kier alpha value is -0.780. The lowest BCUT2D eigenvalue weighted by molar-refractivity contribution is -0.114. The van der Waals surface area contributed by atoms with Gasteiger partial charge in [-0.3, -0.25) is 9.59 Å². The summed E-state index contributed by atoms with van der Waals surface area (Å²) in [5.41, 5.74) is 6.77. The fraction of sp³-hybridized carbons (Fsp3) is 0.455. The molecule has 0 unspecified atom stereocenters. The molecule has 1 aliphatic rings. The van der Waals surface area contributed by atoms with Crippen molar-refractivity contribution < 1.29 is 9.59 Å². The lowest BCUT2D eigenvalue weighted by Crippen LogP contribution is -2.21. The van der Waals surface area contributed by atoms with Crippen LogP contribution in [0.3, 0.4) is 0 Å². The predicted molar refractivity (Wildman–Crippen MR) is 73.6 cm³/mol. The summed E-state index contributed by atoms with van der Waals surface area (Å²) in [4.78, 5) is 23.0. The molecule has 98 valence electrons. The molecule has 0 aliphatic heterocycles. The summed E-state index contributed by atoms with van der Waals surface area (Å²) in [6, 6.07) is 0. The van der Waals surface area contributed by atoms with Crippen LogP contribution in [0.2, 0.25) is 0 Å². The van der Waals surface area contributed by atoms with Crippen molar-refractivity contribution in [3.8, 4) is 0 Å². The molecule has 1 aliphatic carbocycles. The van der Waals surface area contributed by atoms with E-state index in [-0.39, 0.29) is 0 Å². The molecule has 4 nitrogen and oxygen atoms in total. The van der Waals surface area contributed by atoms with Crippen LogP contribution in [0, 0.1) is 0 Å². The molecule has 1 aromatic heterocycles. The normalized spacial score (nSPS) is 14.4. The first-order chi connectivity index (χ1) is 8.50. The number of nitrogens with one attached hydrogen (secondary N) is 1. The highest BCUT2D eigenvalue weighted by Crippen LogP contribution is 2.38. The van der Waals surface area contributed by atoms with Gasteiger partial charge in [0.1, 0.15) is 5.00 Å². The van der Waals surface area contributed by atoms with Gasteiger partial charge in [0.2, 0.25) is 0 Å². The molecular formula is C11H12Cl2N2O2S. The van der Waals surface area contributed by atoms with E-state index in [1.54, 1.807) is 0 Å². The van der Waals surface area contributed by atoms with Gasteiger partial charge < -0.3 is 11.1 Å². The summed E-state index contributed by atoms with van der Waals surface area (Å²) in [6.07, 6.45) is 3.87. The summed E-state index contributed by atoms with van der Waals surface area (Å²) in [6.45, 7) is 0. The Kier molecular flexibility index (Phi) is 4.14. The van der Waals surface area contributed by atoms with E-state index in [0.717, 1.165) is 36.1 Å². The Morgan fingerprint density at radius 3 is 2.56 bits per heavy atom. The number of anilines is 1. The zero-order chi connectivity index (χ0) is 13.3. The summed E-state index contributed by atoms with van der Waals surface area (Å²) in [7, 11) is 0. The van der Waals surface area contributed by atoms with Crippen molar-refractivity contribution in [1.29, 1.82) is 0 Å². The lowest BCUT2D eigenvalue weighted by Gasteiger charge is -2.11. The van der Waals surface area contributed by atoms with Gasteiger partial charge in [0, 0.05) is 4.88 Å². The summed E-state index contributed by atoms with van der Waals surface area (Å²) in [5, 5.41) is 3.03. The van der Waals surface area contributed by atoms with Crippen LogP contribution in [0.5, 0.6) is 0 Å². The number of hydrogen-bond acceptors (Lipinski definition) is 3. The van der Waals surface area contributed by atoms with Gasteiger partial charge in [-0.25, -0.2) is 0 Å². The first kappa shape index (κ1) is 13.6. The molecule has 0 spiro atoms. The highest BCUT2D eigenvalue weighted by Gasteiger charge is 2.25. The fourth-order valence-corrected chi connectivity index (χ4v) is 3.49. The monoisotopic (exact) mass is 306 g/mol. The van der Waals surface area contributed by atoms with Gasteiger partial charge in [-0.2, -0.15) is 0 Å². The van der Waals surface area contributed by atoms with Crippen LogP contribution in [0.25, 0.3) is 0 Å². The second-order valence-corrected chi connectivity index (χ2v) is 6.27. The molecule has 0 bridgehead atoms. The van der Waals surface area contributed by atoms with Crippen LogP contribution in [0.15, 0.2) is 0 Å². The molecular weight excluding hydrogens is 295 g/mol. The molecule has 3 N–H and O–H groups in total. The minimum Gasteiger partial charge on any atom is -0.365 e. The molecule has 0 aromatic carbocycles. The lowest BCUT2D eigenvalue weighted by atomic mass is 9.95. The zero-order valence-electron chi connectivity index (χ0n) is 9.46. The molecule has 18 heavy (non-hydrogen) atoms. The number of thiophene rings is 1. The maximum Gasteiger partial charge on any atom is 0.258 e. The van der Waals surface area contributed by atoms with E-state index in [1.165, 1.54) is 11.3 Å². The molecule has 2 rings (SSSR count). The smallest absolute Gasteiger partial charge is 0.258 e. The number of primary amides is 1. The third kappa shape index (κ3) is 2.63. The van der Waals surface area contributed by atoms with Crippen molar-refractivity contribution in [2.75, 3.05) is 5.32 Å².